The van der Waals surface area contributed by atoms with E-state index in [0.29, 0.717) is 28.5 Å². The number of nitrogens with zero attached hydrogens (tertiary/aromatic N) is 10. The highest BCUT2D eigenvalue weighted by atomic mass is 15.0. The standard InChI is InChI=1S/C88H60N10/c1-51-27-33-77-67(37-51)64-22-14-16-24-76(64)95(77)83-46-62(88-93-73(57-17-9-7-10-18-57)48-74(94-88)58-19-11-8-12-20-58)47-84(71(83)49-89)96-78-34-28-52(2)38-68(78)70-43-60(30-36-80(70)96)59-29-35-79-69(42-59)66-32-26-54(4)40-82(66)98(79)86-45-61(87-91-55(5)41-56(6)92-87)44-85(72(86)50-90)97-75-23-15-13-21-63(75)65-31-25-53(3)39-81(65)97/h7-48H,1-6H3. The minimum absolute atomic E-state index is 0.504. The van der Waals surface area contributed by atoms with E-state index in [2.05, 4.69) is 270 Å². The van der Waals surface area contributed by atoms with Crippen molar-refractivity contribution < 1.29 is 0 Å². The van der Waals surface area contributed by atoms with E-state index in [0.717, 1.165) is 183 Å². The molecule has 0 fully saturated rings. The van der Waals surface area contributed by atoms with Crippen LogP contribution in [0.3, 0.4) is 0 Å². The molecule has 0 saturated heterocycles. The summed E-state index contributed by atoms with van der Waals surface area (Å²) in [6.07, 6.45) is 0. The Balaban J connectivity index is 0.863. The van der Waals surface area contributed by atoms with Gasteiger partial charge in [-0.3, -0.25) is 0 Å². The maximum absolute atomic E-state index is 12.0. The van der Waals surface area contributed by atoms with Crippen molar-refractivity contribution in [2.45, 2.75) is 41.5 Å². The molecule has 0 aliphatic rings. The van der Waals surface area contributed by atoms with Crippen LogP contribution < -0.4 is 0 Å². The smallest absolute Gasteiger partial charge is 0.160 e. The van der Waals surface area contributed by atoms with Crippen LogP contribution in [0.5, 0.6) is 0 Å². The highest BCUT2D eigenvalue weighted by Crippen LogP contribution is 2.45. The maximum atomic E-state index is 12.0. The number of hydrogen-bond acceptors (Lipinski definition) is 6. The van der Waals surface area contributed by atoms with E-state index in [-0.39, 0.29) is 0 Å². The molecule has 0 bridgehead atoms. The molecule has 462 valence electrons. The van der Waals surface area contributed by atoms with E-state index in [1.54, 1.807) is 0 Å². The van der Waals surface area contributed by atoms with E-state index in [1.165, 1.54) is 0 Å². The van der Waals surface area contributed by atoms with Crippen molar-refractivity contribution in [3.63, 3.8) is 0 Å². The van der Waals surface area contributed by atoms with E-state index in [9.17, 15) is 10.5 Å². The lowest BCUT2D eigenvalue weighted by molar-refractivity contribution is 1.05. The average molecular weight is 1260 g/mol. The summed E-state index contributed by atoms with van der Waals surface area (Å²) in [6, 6.07) is 95.3. The molecule has 6 aromatic heterocycles. The maximum Gasteiger partial charge on any atom is 0.160 e. The molecule has 98 heavy (non-hydrogen) atoms. The Bertz CT molecular complexity index is 6440. The van der Waals surface area contributed by atoms with E-state index < -0.39 is 0 Å². The van der Waals surface area contributed by atoms with Crippen LogP contribution in [0.2, 0.25) is 0 Å². The van der Waals surface area contributed by atoms with Crippen LogP contribution in [-0.4, -0.2) is 38.2 Å². The molecule has 0 aliphatic carbocycles. The fourth-order valence-corrected chi connectivity index (χ4v) is 15.2. The lowest BCUT2D eigenvalue weighted by atomic mass is 10.00. The third-order valence-electron chi connectivity index (χ3n) is 19.6. The number of benzene rings is 12. The highest BCUT2D eigenvalue weighted by Gasteiger charge is 2.27. The first kappa shape index (κ1) is 57.6. The van der Waals surface area contributed by atoms with Gasteiger partial charge in [-0.2, -0.15) is 10.5 Å². The van der Waals surface area contributed by atoms with E-state index in [4.69, 9.17) is 19.9 Å². The van der Waals surface area contributed by atoms with Gasteiger partial charge in [0.1, 0.15) is 23.3 Å². The third-order valence-corrected chi connectivity index (χ3v) is 19.6. The van der Waals surface area contributed by atoms with Crippen molar-refractivity contribution in [2.75, 3.05) is 0 Å². The molecule has 0 amide bonds. The van der Waals surface area contributed by atoms with Gasteiger partial charge in [0.25, 0.3) is 0 Å². The second kappa shape index (κ2) is 22.3. The number of hydrogen-bond donors (Lipinski definition) is 0. The van der Waals surface area contributed by atoms with Gasteiger partial charge in [0.05, 0.1) is 78.3 Å². The van der Waals surface area contributed by atoms with Crippen molar-refractivity contribution in [2.24, 2.45) is 0 Å². The molecule has 18 rings (SSSR count). The Morgan fingerprint density at radius 2 is 0.571 bits per heavy atom. The van der Waals surface area contributed by atoms with Gasteiger partial charge in [-0.15, -0.1) is 0 Å². The lowest BCUT2D eigenvalue weighted by Gasteiger charge is -2.18. The quantitative estimate of drug-likeness (QED) is 0.142. The van der Waals surface area contributed by atoms with Gasteiger partial charge in [0, 0.05) is 76.7 Å². The van der Waals surface area contributed by atoms with Crippen molar-refractivity contribution in [1.82, 2.24) is 38.2 Å². The SMILES string of the molecule is Cc1ccc2c(c1)c1ccccc1n2-c1cc(-c2nc(-c3ccccc3)cc(-c3ccccc3)n2)cc(-n2c3ccc(C)cc3c3cc(-c4ccc5c(c4)c4ccc(C)cc4n5-c4cc(-c5nc(C)cc(C)n5)cc(-n5c6ccccc6c6ccc(C)cc65)c4C#N)ccc32)c1C#N. The number of rotatable bonds is 9. The fourth-order valence-electron chi connectivity index (χ4n) is 15.2. The lowest BCUT2D eigenvalue weighted by Crippen LogP contribution is -2.06. The molecule has 10 nitrogen and oxygen atoms in total. The van der Waals surface area contributed by atoms with Gasteiger partial charge < -0.3 is 18.3 Å². The summed E-state index contributed by atoms with van der Waals surface area (Å²) < 4.78 is 9.05. The number of aromatic nitrogens is 8. The van der Waals surface area contributed by atoms with Crippen molar-refractivity contribution in [3.05, 3.63) is 300 Å². The van der Waals surface area contributed by atoms with Crippen molar-refractivity contribution >= 4 is 87.2 Å². The summed E-state index contributed by atoms with van der Waals surface area (Å²) in [5.41, 5.74) is 25.1. The molecule has 0 aliphatic heterocycles. The normalized spacial score (nSPS) is 11.8. The minimum atomic E-state index is 0.504. The summed E-state index contributed by atoms with van der Waals surface area (Å²) in [7, 11) is 0. The van der Waals surface area contributed by atoms with Gasteiger partial charge in [0.2, 0.25) is 0 Å². The predicted octanol–water partition coefficient (Wildman–Crippen LogP) is 21.6. The van der Waals surface area contributed by atoms with E-state index >= 15 is 0 Å². The predicted molar refractivity (Wildman–Crippen MR) is 400 cm³/mol. The second-order valence-electron chi connectivity index (χ2n) is 26.1. The molecule has 0 atom stereocenters. The number of aryl methyl sites for hydroxylation is 6. The van der Waals surface area contributed by atoms with Gasteiger partial charge in [-0.1, -0.05) is 157 Å². The Morgan fingerprint density at radius 1 is 0.245 bits per heavy atom. The Morgan fingerprint density at radius 3 is 1.03 bits per heavy atom. The van der Waals surface area contributed by atoms with Crippen LogP contribution in [0.1, 0.15) is 44.8 Å². The van der Waals surface area contributed by atoms with Crippen LogP contribution in [0, 0.1) is 64.2 Å². The van der Waals surface area contributed by atoms with Gasteiger partial charge >= 0.3 is 0 Å². The van der Waals surface area contributed by atoms with Crippen LogP contribution in [0.4, 0.5) is 0 Å². The van der Waals surface area contributed by atoms with Crippen molar-refractivity contribution in [1.29, 1.82) is 10.5 Å². The van der Waals surface area contributed by atoms with Crippen molar-refractivity contribution in [3.8, 4) is 91.3 Å². The van der Waals surface area contributed by atoms with Crippen LogP contribution in [0.15, 0.2) is 255 Å². The molecule has 10 heteroatoms. The molecule has 0 radical (unpaired) electrons. The molecule has 0 N–H and O–H groups in total. The summed E-state index contributed by atoms with van der Waals surface area (Å²) in [6.45, 7) is 12.5. The second-order valence-corrected chi connectivity index (χ2v) is 26.1. The molecule has 0 spiro atoms. The molecule has 0 unspecified atom stereocenters. The molecular formula is C88H60N10. The topological polar surface area (TPSA) is 119 Å². The number of fused-ring (bicyclic) bond motifs is 12. The Hall–Kier alpha value is -13.0. The van der Waals surface area contributed by atoms with Crippen LogP contribution in [-0.2, 0) is 0 Å². The van der Waals surface area contributed by atoms with Gasteiger partial charge in [-0.05, 0) is 173 Å². The van der Waals surface area contributed by atoms with E-state index in [1.807, 2.05) is 56.3 Å². The molecule has 6 heterocycles. The Labute approximate surface area is 565 Å². The largest absolute Gasteiger partial charge is 0.308 e. The molecular weight excluding hydrogens is 1200 g/mol. The van der Waals surface area contributed by atoms with Crippen LogP contribution in [0.25, 0.3) is 166 Å². The van der Waals surface area contributed by atoms with Gasteiger partial charge in [-0.25, -0.2) is 19.9 Å². The zero-order valence-corrected chi connectivity index (χ0v) is 54.7. The number of nitriles is 2. The summed E-state index contributed by atoms with van der Waals surface area (Å²) in [5, 5.41) is 32.4. The minimum Gasteiger partial charge on any atom is -0.308 e. The third kappa shape index (κ3) is 9.14. The zero-order chi connectivity index (χ0) is 66.2. The molecule has 0 saturated carbocycles. The first-order valence-corrected chi connectivity index (χ1v) is 33.0. The first-order chi connectivity index (χ1) is 47.9. The average Bonchev–Trinajstić information content (AvgIpc) is 1.56. The zero-order valence-electron chi connectivity index (χ0n) is 54.7. The fraction of sp³-hybridized carbons (Fsp3) is 0.0682. The summed E-state index contributed by atoms with van der Waals surface area (Å²) >= 11 is 0. The first-order valence-electron chi connectivity index (χ1n) is 33.0. The summed E-state index contributed by atoms with van der Waals surface area (Å²) in [5.74, 6) is 1.12. The molecule has 12 aromatic carbocycles. The number of para-hydroxylation sites is 2. The van der Waals surface area contributed by atoms with Gasteiger partial charge in [0.15, 0.2) is 11.6 Å². The molecule has 18 aromatic rings. The summed E-state index contributed by atoms with van der Waals surface area (Å²) in [4.78, 5) is 20.9. The van der Waals surface area contributed by atoms with Crippen LogP contribution >= 0.6 is 0 Å². The highest BCUT2D eigenvalue weighted by molar-refractivity contribution is 6.15. The monoisotopic (exact) mass is 1260 g/mol. The Kier molecular flexibility index (Phi) is 13.1.